The Bertz CT molecular complexity index is 1490. The average Bonchev–Trinajstić information content (AvgIpc) is 3.12. The number of carbonyl (C=O) groups is 1. The summed E-state index contributed by atoms with van der Waals surface area (Å²) in [5.41, 5.74) is 2.05. The molecular weight excluding hydrogens is 490 g/mol. The van der Waals surface area contributed by atoms with Gasteiger partial charge in [-0.3, -0.25) is 4.79 Å². The quantitative estimate of drug-likeness (QED) is 0.168. The van der Waals surface area contributed by atoms with Crippen molar-refractivity contribution < 1.29 is 37.0 Å². The molecular formula is C27H24F4N3O3+. The lowest BCUT2D eigenvalue weighted by Gasteiger charge is -2.15. The number of nitrogens with zero attached hydrogens (tertiary/aromatic N) is 1. The molecule has 1 aromatic heterocycles. The summed E-state index contributed by atoms with van der Waals surface area (Å²) in [6.07, 6.45) is -4.59. The van der Waals surface area contributed by atoms with E-state index in [1.807, 2.05) is 32.0 Å². The van der Waals surface area contributed by atoms with Crippen molar-refractivity contribution in [3.8, 4) is 28.3 Å². The second-order valence-electron chi connectivity index (χ2n) is 8.59. The number of methoxy groups -OCH3 is 1. The van der Waals surface area contributed by atoms with E-state index in [2.05, 4.69) is 10.3 Å². The smallest absolute Gasteiger partial charge is 0.416 e. The summed E-state index contributed by atoms with van der Waals surface area (Å²) in [7, 11) is 1.42. The number of hydrogen-bond acceptors (Lipinski definition) is 3. The Morgan fingerprint density at radius 2 is 1.65 bits per heavy atom. The first-order valence-corrected chi connectivity index (χ1v) is 11.2. The summed E-state index contributed by atoms with van der Waals surface area (Å²) < 4.78 is 60.2. The molecule has 10 heteroatoms. The number of H-pyrrole nitrogens is 1. The number of rotatable bonds is 5. The van der Waals surface area contributed by atoms with E-state index in [0.717, 1.165) is 34.9 Å². The van der Waals surface area contributed by atoms with Crippen LogP contribution in [0.1, 0.15) is 32.9 Å². The van der Waals surface area contributed by atoms with Crippen molar-refractivity contribution in [1.82, 2.24) is 4.98 Å². The largest absolute Gasteiger partial charge is 0.496 e. The fourth-order valence-electron chi connectivity index (χ4n) is 4.31. The lowest BCUT2D eigenvalue weighted by atomic mass is 9.93. The van der Waals surface area contributed by atoms with Crippen LogP contribution >= 0.6 is 0 Å². The molecule has 0 spiro atoms. The normalized spacial score (nSPS) is 11.5. The maximum Gasteiger partial charge on any atom is 0.416 e. The highest BCUT2D eigenvalue weighted by Crippen LogP contribution is 2.38. The molecule has 0 aliphatic carbocycles. The summed E-state index contributed by atoms with van der Waals surface area (Å²) in [4.78, 5) is 15.7. The van der Waals surface area contributed by atoms with Gasteiger partial charge in [0.05, 0.1) is 12.7 Å². The minimum atomic E-state index is -4.59. The first-order valence-electron chi connectivity index (χ1n) is 11.2. The number of carbonyl (C=O) groups excluding carboxylic acids is 1. The van der Waals surface area contributed by atoms with E-state index < -0.39 is 23.5 Å². The van der Waals surface area contributed by atoms with Crippen molar-refractivity contribution in [2.45, 2.75) is 26.9 Å². The number of alkyl halides is 3. The molecule has 0 aliphatic heterocycles. The molecule has 4 rings (SSSR count). The Balaban J connectivity index is 1.78. The van der Waals surface area contributed by atoms with Crippen LogP contribution in [0.2, 0.25) is 0 Å². The lowest BCUT2D eigenvalue weighted by Crippen LogP contribution is -2.39. The number of benzene rings is 3. The number of hydrogen-bond donors (Lipinski definition) is 3. The predicted octanol–water partition coefficient (Wildman–Crippen LogP) is 6.22. The number of aromatic nitrogens is 2. The van der Waals surface area contributed by atoms with E-state index in [-0.39, 0.29) is 34.2 Å². The van der Waals surface area contributed by atoms with Crippen LogP contribution in [0.3, 0.4) is 0 Å². The highest BCUT2D eigenvalue weighted by atomic mass is 19.4. The second-order valence-corrected chi connectivity index (χ2v) is 8.59. The van der Waals surface area contributed by atoms with E-state index in [4.69, 9.17) is 4.74 Å². The molecule has 6 nitrogen and oxygen atoms in total. The third-order valence-electron chi connectivity index (χ3n) is 6.04. The molecule has 0 fully saturated rings. The number of aryl methyl sites for hydroxylation is 3. The standard InChI is InChI=1S/C27H23F4N3O3/c1-14-7-5-8-15(2)23(14)20-12-19(21(28)13-22(20)37-4)25-32-16(3)24(34(25)36)26(35)33-18-10-6-9-17(11-18)27(29,30)31/h5-13,36H,1-4H3,(H,33,35)/p+1. The summed E-state index contributed by atoms with van der Waals surface area (Å²) >= 11 is 0. The Hall–Kier alpha value is -4.34. The third kappa shape index (κ3) is 4.87. The SMILES string of the molecule is COc1cc(F)c(-c2[nH]c(C)c(C(=O)Nc3cccc(C(F)(F)F)c3)[n+]2O)cc1-c1c(C)cccc1C. The molecule has 0 saturated heterocycles. The Morgan fingerprint density at radius 3 is 2.27 bits per heavy atom. The zero-order valence-electron chi connectivity index (χ0n) is 20.4. The molecule has 1 amide bonds. The van der Waals surface area contributed by atoms with Gasteiger partial charge in [-0.15, -0.1) is 0 Å². The lowest BCUT2D eigenvalue weighted by molar-refractivity contribution is -0.896. The van der Waals surface area contributed by atoms with E-state index in [1.54, 1.807) is 0 Å². The monoisotopic (exact) mass is 514 g/mol. The van der Waals surface area contributed by atoms with Crippen molar-refractivity contribution >= 4 is 11.6 Å². The summed E-state index contributed by atoms with van der Waals surface area (Å²) in [6.45, 7) is 5.29. The summed E-state index contributed by atoms with van der Waals surface area (Å²) in [5.74, 6) is -1.44. The van der Waals surface area contributed by atoms with Gasteiger partial charge in [0, 0.05) is 24.2 Å². The number of amides is 1. The molecule has 1 heterocycles. The topological polar surface area (TPSA) is 78.2 Å². The van der Waals surface area contributed by atoms with Gasteiger partial charge in [-0.25, -0.2) is 9.37 Å². The third-order valence-corrected chi connectivity index (χ3v) is 6.04. The predicted molar refractivity (Wildman–Crippen MR) is 129 cm³/mol. The van der Waals surface area contributed by atoms with Gasteiger partial charge in [0.25, 0.3) is 5.69 Å². The van der Waals surface area contributed by atoms with Gasteiger partial charge >= 0.3 is 17.9 Å². The van der Waals surface area contributed by atoms with Gasteiger partial charge in [0.1, 0.15) is 17.1 Å². The average molecular weight is 514 g/mol. The first-order chi connectivity index (χ1) is 17.4. The number of nitrogens with one attached hydrogen (secondary N) is 2. The van der Waals surface area contributed by atoms with Crippen molar-refractivity contribution in [2.24, 2.45) is 0 Å². The van der Waals surface area contributed by atoms with E-state index in [9.17, 15) is 23.2 Å². The van der Waals surface area contributed by atoms with Gasteiger partial charge in [0.15, 0.2) is 5.69 Å². The number of anilines is 1. The van der Waals surface area contributed by atoms with Crippen molar-refractivity contribution in [2.75, 3.05) is 12.4 Å². The van der Waals surface area contributed by atoms with Crippen LogP contribution in [0.25, 0.3) is 22.5 Å². The van der Waals surface area contributed by atoms with E-state index >= 15 is 4.39 Å². The first kappa shape index (κ1) is 25.7. The molecule has 0 unspecified atom stereocenters. The molecule has 37 heavy (non-hydrogen) atoms. The van der Waals surface area contributed by atoms with Gasteiger partial charge in [-0.1, -0.05) is 24.3 Å². The maximum atomic E-state index is 15.2. The van der Waals surface area contributed by atoms with Gasteiger partial charge in [-0.2, -0.15) is 13.2 Å². The molecule has 192 valence electrons. The highest BCUT2D eigenvalue weighted by Gasteiger charge is 2.33. The van der Waals surface area contributed by atoms with Crippen LogP contribution in [0, 0.1) is 26.6 Å². The molecule has 0 bridgehead atoms. The molecule has 0 atom stereocenters. The van der Waals surface area contributed by atoms with Crippen molar-refractivity contribution in [3.63, 3.8) is 0 Å². The molecule has 0 aliphatic rings. The Morgan fingerprint density at radius 1 is 1.00 bits per heavy atom. The second kappa shape index (κ2) is 9.61. The van der Waals surface area contributed by atoms with Crippen LogP contribution in [0.15, 0.2) is 54.6 Å². The fourth-order valence-corrected chi connectivity index (χ4v) is 4.31. The Kier molecular flexibility index (Phi) is 6.68. The maximum absolute atomic E-state index is 15.2. The van der Waals surface area contributed by atoms with E-state index in [1.165, 1.54) is 32.2 Å². The number of aromatic amines is 1. The van der Waals surface area contributed by atoms with Crippen LogP contribution in [0.4, 0.5) is 23.2 Å². The molecule has 0 saturated carbocycles. The number of halogens is 4. The highest BCUT2D eigenvalue weighted by molar-refractivity contribution is 6.02. The molecule has 4 aromatic rings. The Labute approximate surface area is 210 Å². The summed E-state index contributed by atoms with van der Waals surface area (Å²) in [6, 6.07) is 12.5. The van der Waals surface area contributed by atoms with Gasteiger partial charge in [0.2, 0.25) is 0 Å². The van der Waals surface area contributed by atoms with Crippen LogP contribution in [-0.2, 0) is 6.18 Å². The zero-order chi connectivity index (χ0) is 27.1. The minimum absolute atomic E-state index is 0.0397. The minimum Gasteiger partial charge on any atom is -0.496 e. The fraction of sp³-hybridized carbons (Fsp3) is 0.185. The number of ether oxygens (including phenoxy) is 1. The molecule has 0 radical (unpaired) electrons. The van der Waals surface area contributed by atoms with Crippen molar-refractivity contribution in [1.29, 1.82) is 0 Å². The molecule has 3 aromatic carbocycles. The molecule has 3 N–H and O–H groups in total. The summed E-state index contributed by atoms with van der Waals surface area (Å²) in [5, 5.41) is 13.2. The van der Waals surface area contributed by atoms with Gasteiger partial charge < -0.3 is 15.3 Å². The van der Waals surface area contributed by atoms with Crippen LogP contribution < -0.4 is 14.8 Å². The number of imidazole rings is 1. The van der Waals surface area contributed by atoms with Crippen molar-refractivity contribution in [3.05, 3.63) is 88.5 Å². The zero-order valence-corrected chi connectivity index (χ0v) is 20.4. The van der Waals surface area contributed by atoms with Crippen LogP contribution in [-0.4, -0.2) is 23.2 Å². The van der Waals surface area contributed by atoms with Crippen LogP contribution in [0.5, 0.6) is 5.75 Å². The van der Waals surface area contributed by atoms with E-state index in [0.29, 0.717) is 10.3 Å². The van der Waals surface area contributed by atoms with Gasteiger partial charge in [-0.05, 0) is 59.5 Å².